The van der Waals surface area contributed by atoms with Crippen LogP contribution >= 0.6 is 0 Å². The van der Waals surface area contributed by atoms with Crippen LogP contribution in [0.3, 0.4) is 0 Å². The van der Waals surface area contributed by atoms with Gasteiger partial charge >= 0.3 is 0 Å². The Morgan fingerprint density at radius 2 is 1.54 bits per heavy atom. The summed E-state index contributed by atoms with van der Waals surface area (Å²) in [7, 11) is -3.03. The molecule has 0 saturated heterocycles. The van der Waals surface area contributed by atoms with E-state index < -0.39 is 9.84 Å². The maximum atomic E-state index is 11.1. The zero-order valence-corrected chi connectivity index (χ0v) is 9.35. The molecule has 74 valence electrons. The SMILES string of the molecule is CC.Cc1ccccc1S(C)(=O)=O. The molecule has 0 N–H and O–H groups in total. The van der Waals surface area contributed by atoms with Crippen LogP contribution in [0.5, 0.6) is 0 Å². The monoisotopic (exact) mass is 200 g/mol. The summed E-state index contributed by atoms with van der Waals surface area (Å²) in [6.45, 7) is 5.79. The zero-order valence-electron chi connectivity index (χ0n) is 8.53. The maximum absolute atomic E-state index is 11.1. The Kier molecular flexibility index (Phi) is 4.70. The minimum atomic E-state index is -3.03. The highest BCUT2D eigenvalue weighted by atomic mass is 32.2. The first-order valence-electron chi connectivity index (χ1n) is 4.27. The number of sulfone groups is 1. The number of hydrogen-bond donors (Lipinski definition) is 0. The second-order valence-corrected chi connectivity index (χ2v) is 4.52. The Morgan fingerprint density at radius 3 is 1.85 bits per heavy atom. The number of aryl methyl sites for hydroxylation is 1. The first kappa shape index (κ1) is 12.2. The second-order valence-electron chi connectivity index (χ2n) is 2.54. The van der Waals surface area contributed by atoms with E-state index in [0.29, 0.717) is 4.90 Å². The molecule has 0 unspecified atom stereocenters. The fourth-order valence-electron chi connectivity index (χ4n) is 0.972. The van der Waals surface area contributed by atoms with E-state index in [2.05, 4.69) is 0 Å². The molecule has 0 aromatic heterocycles. The molecular formula is C10H16O2S. The molecule has 0 aliphatic carbocycles. The predicted molar refractivity (Wildman–Crippen MR) is 55.6 cm³/mol. The van der Waals surface area contributed by atoms with Crippen molar-refractivity contribution in [2.45, 2.75) is 25.7 Å². The van der Waals surface area contributed by atoms with Crippen molar-refractivity contribution in [2.24, 2.45) is 0 Å². The van der Waals surface area contributed by atoms with Gasteiger partial charge in [-0.25, -0.2) is 8.42 Å². The molecule has 0 aliphatic rings. The molecule has 1 rings (SSSR count). The Labute approximate surface area is 80.5 Å². The largest absolute Gasteiger partial charge is 0.224 e. The van der Waals surface area contributed by atoms with Gasteiger partial charge in [0.05, 0.1) is 4.90 Å². The van der Waals surface area contributed by atoms with E-state index in [9.17, 15) is 8.42 Å². The van der Waals surface area contributed by atoms with Gasteiger partial charge in [-0.3, -0.25) is 0 Å². The van der Waals surface area contributed by atoms with Crippen LogP contribution in [0, 0.1) is 6.92 Å². The van der Waals surface area contributed by atoms with Gasteiger partial charge in [0.2, 0.25) is 0 Å². The van der Waals surface area contributed by atoms with Crippen LogP contribution in [0.25, 0.3) is 0 Å². The Bertz CT molecular complexity index is 353. The molecule has 1 aromatic rings. The molecule has 13 heavy (non-hydrogen) atoms. The lowest BCUT2D eigenvalue weighted by Gasteiger charge is -2.00. The average molecular weight is 200 g/mol. The first-order chi connectivity index (χ1) is 6.02. The van der Waals surface area contributed by atoms with Crippen LogP contribution in [-0.4, -0.2) is 14.7 Å². The van der Waals surface area contributed by atoms with Crippen LogP contribution in [0.2, 0.25) is 0 Å². The molecule has 1 aromatic carbocycles. The van der Waals surface area contributed by atoms with Crippen molar-refractivity contribution in [3.63, 3.8) is 0 Å². The van der Waals surface area contributed by atoms with Crippen molar-refractivity contribution < 1.29 is 8.42 Å². The zero-order chi connectivity index (χ0) is 10.5. The molecule has 0 amide bonds. The third-order valence-corrected chi connectivity index (χ3v) is 2.75. The van der Waals surface area contributed by atoms with E-state index in [1.165, 1.54) is 6.26 Å². The van der Waals surface area contributed by atoms with E-state index in [4.69, 9.17) is 0 Å². The molecule has 0 aliphatic heterocycles. The lowest BCUT2D eigenvalue weighted by atomic mass is 10.2. The lowest BCUT2D eigenvalue weighted by molar-refractivity contribution is 0.601. The predicted octanol–water partition coefficient (Wildman–Crippen LogP) is 2.42. The van der Waals surface area contributed by atoms with Gasteiger partial charge in [-0.2, -0.15) is 0 Å². The van der Waals surface area contributed by atoms with Gasteiger partial charge < -0.3 is 0 Å². The fourth-order valence-corrected chi connectivity index (χ4v) is 1.95. The lowest BCUT2D eigenvalue weighted by Crippen LogP contribution is -1.98. The molecule has 0 radical (unpaired) electrons. The Morgan fingerprint density at radius 1 is 1.08 bits per heavy atom. The normalized spacial score (nSPS) is 10.2. The summed E-state index contributed by atoms with van der Waals surface area (Å²) in [6, 6.07) is 6.95. The van der Waals surface area contributed by atoms with E-state index in [1.807, 2.05) is 19.9 Å². The first-order valence-corrected chi connectivity index (χ1v) is 6.16. The Hall–Kier alpha value is -0.830. The van der Waals surface area contributed by atoms with E-state index in [-0.39, 0.29) is 0 Å². The molecule has 3 heteroatoms. The molecule has 0 spiro atoms. The highest BCUT2D eigenvalue weighted by Gasteiger charge is 2.07. The molecular weight excluding hydrogens is 184 g/mol. The fraction of sp³-hybridized carbons (Fsp3) is 0.400. The highest BCUT2D eigenvalue weighted by molar-refractivity contribution is 7.90. The van der Waals surface area contributed by atoms with Gasteiger partial charge in [-0.15, -0.1) is 0 Å². The molecule has 0 bridgehead atoms. The quantitative estimate of drug-likeness (QED) is 0.697. The van der Waals surface area contributed by atoms with Crippen molar-refractivity contribution in [3.05, 3.63) is 29.8 Å². The van der Waals surface area contributed by atoms with Crippen LogP contribution in [0.1, 0.15) is 19.4 Å². The summed E-state index contributed by atoms with van der Waals surface area (Å²) >= 11 is 0. The molecule has 0 atom stereocenters. The van der Waals surface area contributed by atoms with E-state index >= 15 is 0 Å². The van der Waals surface area contributed by atoms with Crippen molar-refractivity contribution in [2.75, 3.05) is 6.26 Å². The maximum Gasteiger partial charge on any atom is 0.175 e. The molecule has 0 fully saturated rings. The van der Waals surface area contributed by atoms with Crippen LogP contribution in [0.4, 0.5) is 0 Å². The number of hydrogen-bond acceptors (Lipinski definition) is 2. The highest BCUT2D eigenvalue weighted by Crippen LogP contribution is 2.12. The van der Waals surface area contributed by atoms with Gasteiger partial charge in [0.15, 0.2) is 9.84 Å². The topological polar surface area (TPSA) is 34.1 Å². The van der Waals surface area contributed by atoms with Crippen LogP contribution < -0.4 is 0 Å². The van der Waals surface area contributed by atoms with Gasteiger partial charge in [-0.05, 0) is 18.6 Å². The minimum absolute atomic E-state index is 0.417. The minimum Gasteiger partial charge on any atom is -0.224 e. The summed E-state index contributed by atoms with van der Waals surface area (Å²) in [5, 5.41) is 0. The van der Waals surface area contributed by atoms with E-state index in [1.54, 1.807) is 25.1 Å². The summed E-state index contributed by atoms with van der Waals surface area (Å²) in [6.07, 6.45) is 1.22. The van der Waals surface area contributed by atoms with Gasteiger partial charge in [-0.1, -0.05) is 32.0 Å². The second kappa shape index (κ2) is 5.02. The van der Waals surface area contributed by atoms with Gasteiger partial charge in [0.25, 0.3) is 0 Å². The third-order valence-electron chi connectivity index (χ3n) is 1.49. The van der Waals surface area contributed by atoms with Crippen LogP contribution in [0.15, 0.2) is 29.2 Å². The van der Waals surface area contributed by atoms with Crippen molar-refractivity contribution in [1.82, 2.24) is 0 Å². The van der Waals surface area contributed by atoms with Crippen molar-refractivity contribution >= 4 is 9.84 Å². The Balaban J connectivity index is 0.000000671. The van der Waals surface area contributed by atoms with Crippen molar-refractivity contribution in [3.8, 4) is 0 Å². The standard InChI is InChI=1S/C8H10O2S.C2H6/c1-7-5-3-4-6-8(7)11(2,9)10;1-2/h3-6H,1-2H3;1-2H3. The summed E-state index contributed by atoms with van der Waals surface area (Å²) in [4.78, 5) is 0.417. The summed E-state index contributed by atoms with van der Waals surface area (Å²) < 4.78 is 22.1. The number of rotatable bonds is 1. The molecule has 0 saturated carbocycles. The smallest absolute Gasteiger partial charge is 0.175 e. The summed E-state index contributed by atoms with van der Waals surface area (Å²) in [5.41, 5.74) is 0.801. The van der Waals surface area contributed by atoms with Gasteiger partial charge in [0.1, 0.15) is 0 Å². The van der Waals surface area contributed by atoms with Gasteiger partial charge in [0, 0.05) is 6.26 Å². The third kappa shape index (κ3) is 3.59. The van der Waals surface area contributed by atoms with Crippen LogP contribution in [-0.2, 0) is 9.84 Å². The van der Waals surface area contributed by atoms with Crippen molar-refractivity contribution in [1.29, 1.82) is 0 Å². The molecule has 2 nitrogen and oxygen atoms in total. The number of benzene rings is 1. The molecule has 0 heterocycles. The summed E-state index contributed by atoms with van der Waals surface area (Å²) in [5.74, 6) is 0. The van der Waals surface area contributed by atoms with E-state index in [0.717, 1.165) is 5.56 Å². The average Bonchev–Trinajstić information content (AvgIpc) is 2.07.